The summed E-state index contributed by atoms with van der Waals surface area (Å²) in [6.45, 7) is 5.31. The molecular weight excluding hydrogens is 576 g/mol. The van der Waals surface area contributed by atoms with Crippen LogP contribution in [0.3, 0.4) is 0 Å². The molecule has 6 aromatic rings. The van der Waals surface area contributed by atoms with Crippen molar-refractivity contribution in [3.05, 3.63) is 91.0 Å². The van der Waals surface area contributed by atoms with Crippen LogP contribution in [-0.2, 0) is 16.1 Å². The summed E-state index contributed by atoms with van der Waals surface area (Å²) in [6.07, 6.45) is 7.91. The van der Waals surface area contributed by atoms with E-state index in [1.165, 1.54) is 11.9 Å². The molecule has 1 aliphatic heterocycles. The largest absolute Gasteiger partial charge is 0.379 e. The number of unbranched alkanes of at least 4 members (excludes halogenated alkanes) is 2. The number of morpholine rings is 1. The van der Waals surface area contributed by atoms with Crippen molar-refractivity contribution in [3.8, 4) is 11.8 Å². The summed E-state index contributed by atoms with van der Waals surface area (Å²) in [4.78, 5) is 28.3. The Morgan fingerprint density at radius 2 is 1.70 bits per heavy atom. The second-order valence-electron chi connectivity index (χ2n) is 11.3. The van der Waals surface area contributed by atoms with Crippen LogP contribution in [0.5, 0.6) is 0 Å². The van der Waals surface area contributed by atoms with E-state index < -0.39 is 5.91 Å². The van der Waals surface area contributed by atoms with Crippen molar-refractivity contribution in [2.75, 3.05) is 43.5 Å². The zero-order valence-electron chi connectivity index (χ0n) is 25.4. The molecule has 0 radical (unpaired) electrons. The molecule has 7 rings (SSSR count). The van der Waals surface area contributed by atoms with Gasteiger partial charge in [0.25, 0.3) is 0 Å². The highest BCUT2D eigenvalue weighted by molar-refractivity contribution is 6.13. The Labute approximate surface area is 266 Å². The van der Waals surface area contributed by atoms with Gasteiger partial charge < -0.3 is 10.1 Å². The van der Waals surface area contributed by atoms with Gasteiger partial charge in [-0.15, -0.1) is 0 Å². The molecule has 230 valence electrons. The van der Waals surface area contributed by atoms with E-state index in [0.29, 0.717) is 30.1 Å². The first-order valence-corrected chi connectivity index (χ1v) is 15.6. The monoisotopic (exact) mass is 610 g/mol. The summed E-state index contributed by atoms with van der Waals surface area (Å²) in [5.74, 6) is 6.28. The average molecular weight is 611 g/mol. The minimum Gasteiger partial charge on any atom is -0.379 e. The van der Waals surface area contributed by atoms with Gasteiger partial charge in [-0.3, -0.25) is 19.7 Å². The SMILES string of the molecule is O=C(C#CCCCCN1CCOCC1)Nc1cc2c(Nc3cc4nn(Cc5ccccc5)cc4c4ccccc34)ncnc2cn1. The summed E-state index contributed by atoms with van der Waals surface area (Å²) in [6, 6.07) is 22.4. The number of ether oxygens (including phenoxy) is 1. The van der Waals surface area contributed by atoms with Crippen molar-refractivity contribution in [1.29, 1.82) is 0 Å². The maximum absolute atomic E-state index is 12.6. The van der Waals surface area contributed by atoms with E-state index in [1.54, 1.807) is 12.3 Å². The molecule has 1 saturated heterocycles. The molecule has 0 aliphatic carbocycles. The van der Waals surface area contributed by atoms with Gasteiger partial charge in [-0.05, 0) is 48.4 Å². The Balaban J connectivity index is 1.08. The van der Waals surface area contributed by atoms with E-state index >= 15 is 0 Å². The maximum atomic E-state index is 12.6. The number of hydrogen-bond acceptors (Lipinski definition) is 8. The van der Waals surface area contributed by atoms with Gasteiger partial charge in [0.15, 0.2) is 0 Å². The quantitative estimate of drug-likeness (QED) is 0.157. The molecule has 0 bridgehead atoms. The van der Waals surface area contributed by atoms with E-state index in [-0.39, 0.29) is 0 Å². The van der Waals surface area contributed by atoms with Gasteiger partial charge in [-0.1, -0.05) is 60.5 Å². The van der Waals surface area contributed by atoms with Gasteiger partial charge in [-0.25, -0.2) is 15.0 Å². The zero-order chi connectivity index (χ0) is 31.1. The van der Waals surface area contributed by atoms with Gasteiger partial charge in [0.2, 0.25) is 0 Å². The van der Waals surface area contributed by atoms with E-state index in [9.17, 15) is 4.79 Å². The highest BCUT2D eigenvalue weighted by Crippen LogP contribution is 2.34. The molecule has 1 aliphatic rings. The van der Waals surface area contributed by atoms with Crippen LogP contribution < -0.4 is 10.6 Å². The van der Waals surface area contributed by atoms with Gasteiger partial charge >= 0.3 is 5.91 Å². The number of aromatic nitrogens is 5. The first-order valence-electron chi connectivity index (χ1n) is 15.6. The highest BCUT2D eigenvalue weighted by atomic mass is 16.5. The second-order valence-corrected chi connectivity index (χ2v) is 11.3. The molecule has 0 saturated carbocycles. The number of nitrogens with zero attached hydrogens (tertiary/aromatic N) is 6. The van der Waals surface area contributed by atoms with Crippen LogP contribution in [0.25, 0.3) is 32.6 Å². The molecule has 1 fully saturated rings. The zero-order valence-corrected chi connectivity index (χ0v) is 25.4. The van der Waals surface area contributed by atoms with Crippen molar-refractivity contribution >= 4 is 55.8 Å². The van der Waals surface area contributed by atoms with E-state index in [2.05, 4.69) is 72.8 Å². The third-order valence-electron chi connectivity index (χ3n) is 8.11. The van der Waals surface area contributed by atoms with Crippen LogP contribution in [-0.4, -0.2) is 68.4 Å². The molecule has 10 heteroatoms. The molecular formula is C36H34N8O2. The number of anilines is 3. The number of carbonyl (C=O) groups is 1. The summed E-state index contributed by atoms with van der Waals surface area (Å²) in [5, 5.41) is 15.2. The number of fused-ring (bicyclic) bond motifs is 4. The highest BCUT2D eigenvalue weighted by Gasteiger charge is 2.14. The van der Waals surface area contributed by atoms with E-state index in [1.807, 2.05) is 41.1 Å². The summed E-state index contributed by atoms with van der Waals surface area (Å²) >= 11 is 0. The molecule has 1 amide bonds. The molecule has 2 N–H and O–H groups in total. The molecule has 0 unspecified atom stereocenters. The molecule has 10 nitrogen and oxygen atoms in total. The Morgan fingerprint density at radius 1 is 0.870 bits per heavy atom. The van der Waals surface area contributed by atoms with Crippen LogP contribution in [0.2, 0.25) is 0 Å². The lowest BCUT2D eigenvalue weighted by Gasteiger charge is -2.26. The maximum Gasteiger partial charge on any atom is 0.301 e. The molecule has 4 heterocycles. The third kappa shape index (κ3) is 6.81. The first-order chi connectivity index (χ1) is 22.7. The van der Waals surface area contributed by atoms with Crippen molar-refractivity contribution in [2.24, 2.45) is 0 Å². The van der Waals surface area contributed by atoms with Crippen LogP contribution in [0.4, 0.5) is 17.3 Å². The van der Waals surface area contributed by atoms with Crippen molar-refractivity contribution in [3.63, 3.8) is 0 Å². The third-order valence-corrected chi connectivity index (χ3v) is 8.11. The Hall–Kier alpha value is -5.37. The summed E-state index contributed by atoms with van der Waals surface area (Å²) in [7, 11) is 0. The normalized spacial score (nSPS) is 13.5. The number of carbonyl (C=O) groups excluding carboxylic acids is 1. The molecule has 3 aromatic heterocycles. The van der Waals surface area contributed by atoms with Crippen LogP contribution >= 0.6 is 0 Å². The van der Waals surface area contributed by atoms with Gasteiger partial charge in [0.1, 0.15) is 18.0 Å². The Morgan fingerprint density at radius 3 is 2.57 bits per heavy atom. The predicted molar refractivity (Wildman–Crippen MR) is 181 cm³/mol. The van der Waals surface area contributed by atoms with E-state index in [0.717, 1.165) is 78.4 Å². The minimum absolute atomic E-state index is 0.386. The van der Waals surface area contributed by atoms with Crippen LogP contribution in [0, 0.1) is 11.8 Å². The van der Waals surface area contributed by atoms with Gasteiger partial charge in [0.05, 0.1) is 37.0 Å². The summed E-state index contributed by atoms with van der Waals surface area (Å²) < 4.78 is 7.37. The number of amides is 1. The Bertz CT molecular complexity index is 2060. The smallest absolute Gasteiger partial charge is 0.301 e. The standard InChI is InChI=1S/C36H34N8O2/c45-35(14-6-1-2-9-15-43-16-18-46-19-17-43)41-34-20-29-33(22-37-34)38-25-39-36(29)40-31-21-32-30(27-12-7-8-13-28(27)31)24-44(42-32)23-26-10-4-3-5-11-26/h3-5,7-8,10-13,20-22,24-25H,1-2,9,15-19,23H2,(H,37,41,45)(H,38,39,40). The second kappa shape index (κ2) is 13.7. The van der Waals surface area contributed by atoms with Crippen molar-refractivity contribution in [1.82, 2.24) is 29.6 Å². The molecule has 0 spiro atoms. The van der Waals surface area contributed by atoms with Gasteiger partial charge in [-0.2, -0.15) is 5.10 Å². The average Bonchev–Trinajstić information content (AvgIpc) is 3.50. The van der Waals surface area contributed by atoms with Crippen LogP contribution in [0.15, 0.2) is 85.5 Å². The fourth-order valence-electron chi connectivity index (χ4n) is 5.79. The molecule has 46 heavy (non-hydrogen) atoms. The number of benzene rings is 3. The van der Waals surface area contributed by atoms with E-state index in [4.69, 9.17) is 9.84 Å². The lowest BCUT2D eigenvalue weighted by molar-refractivity contribution is -0.111. The summed E-state index contributed by atoms with van der Waals surface area (Å²) in [5.41, 5.74) is 3.59. The molecule has 0 atom stereocenters. The van der Waals surface area contributed by atoms with Gasteiger partial charge in [0, 0.05) is 47.6 Å². The van der Waals surface area contributed by atoms with Crippen molar-refractivity contribution in [2.45, 2.75) is 25.8 Å². The topological polar surface area (TPSA) is 110 Å². The number of hydrogen-bond donors (Lipinski definition) is 2. The minimum atomic E-state index is -0.395. The lowest BCUT2D eigenvalue weighted by Crippen LogP contribution is -2.36. The lowest BCUT2D eigenvalue weighted by atomic mass is 10.0. The predicted octanol–water partition coefficient (Wildman–Crippen LogP) is 5.76. The first kappa shape index (κ1) is 29.3. The number of nitrogens with one attached hydrogen (secondary N) is 2. The Kier molecular flexibility index (Phi) is 8.76. The number of rotatable bonds is 9. The molecule has 3 aromatic carbocycles. The number of pyridine rings is 1. The van der Waals surface area contributed by atoms with Crippen LogP contribution in [0.1, 0.15) is 24.8 Å². The van der Waals surface area contributed by atoms with Crippen molar-refractivity contribution < 1.29 is 9.53 Å². The fraction of sp³-hybridized carbons (Fsp3) is 0.250. The fourth-order valence-corrected chi connectivity index (χ4v) is 5.79.